The number of hydrogen-bond acceptors (Lipinski definition) is 6. The summed E-state index contributed by atoms with van der Waals surface area (Å²) in [7, 11) is 0. The number of rotatable bonds is 5. The van der Waals surface area contributed by atoms with E-state index >= 15 is 0 Å². The van der Waals surface area contributed by atoms with Gasteiger partial charge in [-0.05, 0) is 80.8 Å². The maximum Gasteiger partial charge on any atom is 0.331 e. The van der Waals surface area contributed by atoms with Crippen LogP contribution in [0.1, 0.15) is 33.6 Å². The summed E-state index contributed by atoms with van der Waals surface area (Å²) in [5, 5.41) is 10.2. The molecule has 2 aliphatic rings. The molecule has 6 rings (SSSR count). The molecule has 0 saturated carbocycles. The summed E-state index contributed by atoms with van der Waals surface area (Å²) in [5.41, 5.74) is 3.97. The van der Waals surface area contributed by atoms with Gasteiger partial charge >= 0.3 is 6.03 Å². The van der Waals surface area contributed by atoms with Gasteiger partial charge in [-0.15, -0.1) is 11.3 Å². The van der Waals surface area contributed by atoms with Crippen molar-refractivity contribution in [3.8, 4) is 11.5 Å². The van der Waals surface area contributed by atoms with Crippen LogP contribution in [0.5, 0.6) is 11.5 Å². The number of thiophene rings is 1. The van der Waals surface area contributed by atoms with Crippen LogP contribution in [0.2, 0.25) is 0 Å². The Labute approximate surface area is 218 Å². The Kier molecular flexibility index (Phi) is 6.02. The molecule has 0 radical (unpaired) electrons. The van der Waals surface area contributed by atoms with Crippen molar-refractivity contribution in [2.75, 3.05) is 23.3 Å². The zero-order valence-corrected chi connectivity index (χ0v) is 21.4. The Bertz CT molecular complexity index is 1530. The van der Waals surface area contributed by atoms with E-state index in [0.29, 0.717) is 26.8 Å². The zero-order chi connectivity index (χ0) is 25.5. The number of amides is 3. The molecule has 4 heterocycles. The van der Waals surface area contributed by atoms with Crippen molar-refractivity contribution in [2.24, 2.45) is 0 Å². The Morgan fingerprint density at radius 3 is 2.78 bits per heavy atom. The molecule has 0 bridgehead atoms. The summed E-state index contributed by atoms with van der Waals surface area (Å²) in [6, 6.07) is 15.1. The predicted molar refractivity (Wildman–Crippen MR) is 147 cm³/mol. The quantitative estimate of drug-likeness (QED) is 0.310. The number of carbonyl (C=O) groups is 2. The van der Waals surface area contributed by atoms with Crippen LogP contribution >= 0.6 is 11.3 Å². The average molecular weight is 514 g/mol. The van der Waals surface area contributed by atoms with Crippen LogP contribution < -0.4 is 25.6 Å². The number of carbonyl (C=O) groups excluding carboxylic acids is 2. The smallest absolute Gasteiger partial charge is 0.331 e. The molecule has 188 valence electrons. The number of anilines is 3. The number of hydrogen-bond donors (Lipinski definition) is 3. The predicted octanol–water partition coefficient (Wildman–Crippen LogP) is 5.87. The molecular weight excluding hydrogens is 486 g/mol. The second-order valence-electron chi connectivity index (χ2n) is 9.47. The van der Waals surface area contributed by atoms with E-state index in [1.807, 2.05) is 62.4 Å². The number of aromatic nitrogens is 1. The van der Waals surface area contributed by atoms with Gasteiger partial charge in [0.2, 0.25) is 0 Å². The Balaban J connectivity index is 1.33. The number of nitrogens with zero attached hydrogens (tertiary/aromatic N) is 2. The van der Waals surface area contributed by atoms with Gasteiger partial charge in [0.1, 0.15) is 21.2 Å². The second-order valence-corrected chi connectivity index (χ2v) is 10.5. The molecule has 1 atom stereocenters. The summed E-state index contributed by atoms with van der Waals surface area (Å²) < 4.78 is 6.04. The largest absolute Gasteiger partial charge is 0.457 e. The summed E-state index contributed by atoms with van der Waals surface area (Å²) in [4.78, 5) is 34.0. The lowest BCUT2D eigenvalue weighted by molar-refractivity contribution is 0.0935. The van der Waals surface area contributed by atoms with Crippen molar-refractivity contribution in [2.45, 2.75) is 32.7 Å². The highest BCUT2D eigenvalue weighted by atomic mass is 32.1. The standard InChI is InChI=1S/C28H27N5O3S/c1-16-5-3-7-19(13-16)36-20-8-9-21(17(2)14-20)33-22-10-12-30-27-23(22)24(32-28(33)35)25(37-27)26(34)31-18-6-4-11-29-15-18/h3,5,7-10,12-14,18,29H,4,6,11,15H2,1-2H3,(H,31,34)(H,32,35)/t18-/m1/s1. The molecule has 8 nitrogen and oxygen atoms in total. The maximum absolute atomic E-state index is 13.5. The lowest BCUT2D eigenvalue weighted by atomic mass is 10.1. The fourth-order valence-electron chi connectivity index (χ4n) is 4.97. The SMILES string of the molecule is Cc1cccc(Oc2ccc(N3C(=O)Nc4c(C(=O)N[C@@H]5CCCNC5)sc5nccc3c45)c(C)c2)c1. The highest BCUT2D eigenvalue weighted by molar-refractivity contribution is 7.21. The van der Waals surface area contributed by atoms with Gasteiger partial charge in [0.05, 0.1) is 22.4 Å². The van der Waals surface area contributed by atoms with Crippen molar-refractivity contribution in [1.29, 1.82) is 0 Å². The number of ether oxygens (including phenoxy) is 1. The number of urea groups is 1. The number of benzene rings is 2. The van der Waals surface area contributed by atoms with Gasteiger partial charge in [-0.2, -0.15) is 0 Å². The monoisotopic (exact) mass is 513 g/mol. The van der Waals surface area contributed by atoms with Crippen molar-refractivity contribution < 1.29 is 14.3 Å². The van der Waals surface area contributed by atoms with E-state index < -0.39 is 0 Å². The van der Waals surface area contributed by atoms with Crippen LogP contribution in [-0.2, 0) is 0 Å². The molecular formula is C28H27N5O3S. The molecule has 0 spiro atoms. The zero-order valence-electron chi connectivity index (χ0n) is 20.6. The number of aryl methyl sites for hydroxylation is 2. The number of piperidine rings is 1. The molecule has 4 aromatic rings. The summed E-state index contributed by atoms with van der Waals surface area (Å²) >= 11 is 1.30. The summed E-state index contributed by atoms with van der Waals surface area (Å²) in [6.45, 7) is 5.69. The highest BCUT2D eigenvalue weighted by Crippen LogP contribution is 2.46. The van der Waals surface area contributed by atoms with E-state index in [-0.39, 0.29) is 18.0 Å². The first-order valence-electron chi connectivity index (χ1n) is 12.4. The normalized spacial score (nSPS) is 17.0. The average Bonchev–Trinajstić information content (AvgIpc) is 3.25. The Morgan fingerprint density at radius 2 is 2.00 bits per heavy atom. The molecule has 3 N–H and O–H groups in total. The number of nitrogens with one attached hydrogen (secondary N) is 3. The highest BCUT2D eigenvalue weighted by Gasteiger charge is 2.33. The first-order valence-corrected chi connectivity index (χ1v) is 13.2. The topological polar surface area (TPSA) is 95.6 Å². The molecule has 1 saturated heterocycles. The minimum atomic E-state index is -0.317. The Hall–Kier alpha value is -3.95. The fourth-order valence-corrected chi connectivity index (χ4v) is 5.99. The molecule has 3 amide bonds. The van der Waals surface area contributed by atoms with Crippen molar-refractivity contribution in [3.63, 3.8) is 0 Å². The van der Waals surface area contributed by atoms with Crippen LogP contribution in [0, 0.1) is 13.8 Å². The minimum Gasteiger partial charge on any atom is -0.457 e. The van der Waals surface area contributed by atoms with E-state index in [9.17, 15) is 9.59 Å². The van der Waals surface area contributed by atoms with Crippen LogP contribution in [0.4, 0.5) is 21.9 Å². The van der Waals surface area contributed by atoms with Crippen molar-refractivity contribution in [1.82, 2.24) is 15.6 Å². The first kappa shape index (κ1) is 23.4. The Morgan fingerprint density at radius 1 is 1.14 bits per heavy atom. The molecule has 9 heteroatoms. The molecule has 0 unspecified atom stereocenters. The molecule has 1 fully saturated rings. The molecule has 2 aromatic carbocycles. The van der Waals surface area contributed by atoms with Gasteiger partial charge in [0.15, 0.2) is 0 Å². The van der Waals surface area contributed by atoms with Gasteiger partial charge in [0.25, 0.3) is 5.91 Å². The first-order chi connectivity index (χ1) is 18.0. The molecule has 0 aliphatic carbocycles. The third-order valence-corrected chi connectivity index (χ3v) is 7.82. The molecule has 2 aromatic heterocycles. The minimum absolute atomic E-state index is 0.0741. The summed E-state index contributed by atoms with van der Waals surface area (Å²) in [6.07, 6.45) is 3.64. The van der Waals surface area contributed by atoms with E-state index in [4.69, 9.17) is 4.74 Å². The van der Waals surface area contributed by atoms with E-state index in [1.54, 1.807) is 11.1 Å². The van der Waals surface area contributed by atoms with Crippen LogP contribution in [-0.4, -0.2) is 36.1 Å². The van der Waals surface area contributed by atoms with E-state index in [2.05, 4.69) is 20.9 Å². The summed E-state index contributed by atoms with van der Waals surface area (Å²) in [5.74, 6) is 1.27. The van der Waals surface area contributed by atoms with Crippen LogP contribution in [0.3, 0.4) is 0 Å². The van der Waals surface area contributed by atoms with E-state index in [0.717, 1.165) is 53.9 Å². The third-order valence-electron chi connectivity index (χ3n) is 6.72. The van der Waals surface area contributed by atoms with Crippen molar-refractivity contribution in [3.05, 3.63) is 70.7 Å². The lowest BCUT2D eigenvalue weighted by Gasteiger charge is -2.30. The lowest BCUT2D eigenvalue weighted by Crippen LogP contribution is -2.45. The number of pyridine rings is 1. The fraction of sp³-hybridized carbons (Fsp3) is 0.250. The van der Waals surface area contributed by atoms with Gasteiger partial charge in [-0.1, -0.05) is 12.1 Å². The molecule has 37 heavy (non-hydrogen) atoms. The van der Waals surface area contributed by atoms with Gasteiger partial charge in [-0.3, -0.25) is 9.69 Å². The van der Waals surface area contributed by atoms with E-state index in [1.165, 1.54) is 11.3 Å². The van der Waals surface area contributed by atoms with Gasteiger partial charge in [0, 0.05) is 18.8 Å². The molecule has 2 aliphatic heterocycles. The van der Waals surface area contributed by atoms with Gasteiger partial charge < -0.3 is 20.7 Å². The second kappa shape index (κ2) is 9.49. The van der Waals surface area contributed by atoms with Crippen LogP contribution in [0.15, 0.2) is 54.7 Å². The third kappa shape index (κ3) is 4.41. The van der Waals surface area contributed by atoms with Crippen LogP contribution in [0.25, 0.3) is 10.2 Å². The maximum atomic E-state index is 13.5. The van der Waals surface area contributed by atoms with Gasteiger partial charge in [-0.25, -0.2) is 9.78 Å². The van der Waals surface area contributed by atoms with Crippen molar-refractivity contribution >= 4 is 50.6 Å².